The summed E-state index contributed by atoms with van der Waals surface area (Å²) in [5.41, 5.74) is 0. The van der Waals surface area contributed by atoms with Crippen LogP contribution in [0.25, 0.3) is 0 Å². The number of hydrogen-bond acceptors (Lipinski definition) is 3. The molecule has 1 N–H and O–H groups in total. The van der Waals surface area contributed by atoms with E-state index in [0.29, 0.717) is 6.54 Å². The van der Waals surface area contributed by atoms with Crippen molar-refractivity contribution in [3.63, 3.8) is 0 Å². The van der Waals surface area contributed by atoms with Crippen molar-refractivity contribution in [1.82, 2.24) is 10.2 Å². The maximum Gasteiger partial charge on any atom is 0.237 e. The number of carbonyl (C=O) groups excluding carboxylic acids is 2. The van der Waals surface area contributed by atoms with E-state index in [4.69, 9.17) is 6.42 Å². The van der Waals surface area contributed by atoms with Crippen LogP contribution in [0, 0.1) is 18.3 Å². The molecule has 0 aromatic carbocycles. The number of piperidine rings is 1. The summed E-state index contributed by atoms with van der Waals surface area (Å²) in [4.78, 5) is 24.4. The van der Waals surface area contributed by atoms with Gasteiger partial charge in [0.05, 0.1) is 12.6 Å². The first-order valence-corrected chi connectivity index (χ1v) is 5.59. The fraction of sp³-hybridized carbons (Fsp3) is 0.667. The quantitative estimate of drug-likeness (QED) is 0.539. The molecular weight excluding hydrogens is 204 g/mol. The van der Waals surface area contributed by atoms with E-state index >= 15 is 0 Å². The second-order valence-electron chi connectivity index (χ2n) is 4.13. The molecule has 4 nitrogen and oxygen atoms in total. The minimum Gasteiger partial charge on any atom is -0.344 e. The monoisotopic (exact) mass is 222 g/mol. The van der Waals surface area contributed by atoms with Gasteiger partial charge in [-0.05, 0) is 26.3 Å². The van der Waals surface area contributed by atoms with Gasteiger partial charge in [-0.15, -0.1) is 6.42 Å². The molecule has 1 rings (SSSR count). The number of likely N-dealkylation sites (tertiary alicyclic amines) is 1. The van der Waals surface area contributed by atoms with Gasteiger partial charge in [0.2, 0.25) is 5.91 Å². The normalized spacial score (nSPS) is 23.1. The van der Waals surface area contributed by atoms with Gasteiger partial charge in [0.25, 0.3) is 0 Å². The van der Waals surface area contributed by atoms with Crippen LogP contribution in [0.4, 0.5) is 0 Å². The summed E-state index contributed by atoms with van der Waals surface area (Å²) >= 11 is 0. The lowest BCUT2D eigenvalue weighted by Gasteiger charge is -2.33. The summed E-state index contributed by atoms with van der Waals surface area (Å²) in [6.45, 7) is 3.65. The second-order valence-corrected chi connectivity index (χ2v) is 4.13. The van der Waals surface area contributed by atoms with Crippen molar-refractivity contribution in [3.05, 3.63) is 0 Å². The van der Waals surface area contributed by atoms with Crippen LogP contribution in [0.5, 0.6) is 0 Å². The minimum absolute atomic E-state index is 0.0653. The number of amides is 1. The molecule has 0 aromatic heterocycles. The molecular formula is C12H18N2O2. The largest absolute Gasteiger partial charge is 0.344 e. The van der Waals surface area contributed by atoms with E-state index in [-0.39, 0.29) is 24.4 Å². The summed E-state index contributed by atoms with van der Waals surface area (Å²) in [7, 11) is 0. The van der Waals surface area contributed by atoms with Crippen molar-refractivity contribution in [2.24, 2.45) is 5.92 Å². The lowest BCUT2D eigenvalue weighted by Crippen LogP contribution is -2.49. The number of nitrogens with zero attached hydrogens (tertiary/aromatic N) is 1. The van der Waals surface area contributed by atoms with Gasteiger partial charge in [0.1, 0.15) is 6.29 Å². The molecule has 1 aliphatic rings. The van der Waals surface area contributed by atoms with E-state index < -0.39 is 0 Å². The Hall–Kier alpha value is -1.34. The van der Waals surface area contributed by atoms with Crippen LogP contribution in [-0.2, 0) is 9.59 Å². The molecule has 0 bridgehead atoms. The van der Waals surface area contributed by atoms with E-state index in [1.807, 2.05) is 11.8 Å². The van der Waals surface area contributed by atoms with Gasteiger partial charge in [-0.25, -0.2) is 0 Å². The van der Waals surface area contributed by atoms with Crippen molar-refractivity contribution < 1.29 is 9.59 Å². The molecule has 1 fully saturated rings. The lowest BCUT2D eigenvalue weighted by molar-refractivity contribution is -0.127. The minimum atomic E-state index is -0.212. The van der Waals surface area contributed by atoms with E-state index in [2.05, 4.69) is 11.2 Å². The van der Waals surface area contributed by atoms with Crippen molar-refractivity contribution in [3.8, 4) is 12.3 Å². The van der Waals surface area contributed by atoms with Crippen molar-refractivity contribution in [2.45, 2.75) is 25.8 Å². The fourth-order valence-corrected chi connectivity index (χ4v) is 1.95. The predicted molar refractivity (Wildman–Crippen MR) is 61.7 cm³/mol. The average molecular weight is 222 g/mol. The highest BCUT2D eigenvalue weighted by atomic mass is 16.2. The maximum absolute atomic E-state index is 11.7. The zero-order valence-corrected chi connectivity index (χ0v) is 9.61. The van der Waals surface area contributed by atoms with E-state index in [1.165, 1.54) is 0 Å². The molecule has 0 spiro atoms. The maximum atomic E-state index is 11.7. The molecule has 0 aromatic rings. The van der Waals surface area contributed by atoms with Crippen LogP contribution in [-0.4, -0.2) is 42.8 Å². The van der Waals surface area contributed by atoms with Crippen LogP contribution < -0.4 is 5.32 Å². The van der Waals surface area contributed by atoms with Crippen molar-refractivity contribution in [1.29, 1.82) is 0 Å². The number of rotatable bonds is 4. The van der Waals surface area contributed by atoms with Gasteiger partial charge in [-0.1, -0.05) is 5.92 Å². The molecule has 1 saturated heterocycles. The zero-order valence-electron chi connectivity index (χ0n) is 9.61. The Balaban J connectivity index is 2.46. The smallest absolute Gasteiger partial charge is 0.237 e. The lowest BCUT2D eigenvalue weighted by atomic mass is 9.98. The summed E-state index contributed by atoms with van der Waals surface area (Å²) in [5.74, 6) is 2.37. The SMILES string of the molecule is C#CCNC(=O)C(C)N1CCCC(C=O)C1. The zero-order chi connectivity index (χ0) is 12.0. The predicted octanol–water partition coefficient (Wildman–Crippen LogP) is 0.0352. The van der Waals surface area contributed by atoms with E-state index in [0.717, 1.165) is 25.7 Å². The van der Waals surface area contributed by atoms with Crippen LogP contribution in [0.1, 0.15) is 19.8 Å². The third kappa shape index (κ3) is 3.35. The topological polar surface area (TPSA) is 49.4 Å². The number of terminal acetylenes is 1. The summed E-state index contributed by atoms with van der Waals surface area (Å²) < 4.78 is 0. The van der Waals surface area contributed by atoms with Gasteiger partial charge < -0.3 is 10.1 Å². The van der Waals surface area contributed by atoms with Gasteiger partial charge in [-0.3, -0.25) is 9.69 Å². The Labute approximate surface area is 96.4 Å². The molecule has 0 aliphatic carbocycles. The second kappa shape index (κ2) is 6.29. The Morgan fingerprint density at radius 1 is 1.75 bits per heavy atom. The van der Waals surface area contributed by atoms with Crippen LogP contribution >= 0.6 is 0 Å². The van der Waals surface area contributed by atoms with E-state index in [9.17, 15) is 9.59 Å². The Bertz CT molecular complexity index is 296. The van der Waals surface area contributed by atoms with Crippen molar-refractivity contribution in [2.75, 3.05) is 19.6 Å². The molecule has 2 atom stereocenters. The van der Waals surface area contributed by atoms with Gasteiger partial charge in [-0.2, -0.15) is 0 Å². The Morgan fingerprint density at radius 3 is 3.12 bits per heavy atom. The number of hydrogen-bond donors (Lipinski definition) is 1. The average Bonchev–Trinajstić information content (AvgIpc) is 2.35. The Morgan fingerprint density at radius 2 is 2.50 bits per heavy atom. The molecule has 88 valence electrons. The third-order valence-corrected chi connectivity index (χ3v) is 2.97. The Kier molecular flexibility index (Phi) is 5.00. The fourth-order valence-electron chi connectivity index (χ4n) is 1.95. The molecule has 16 heavy (non-hydrogen) atoms. The first-order chi connectivity index (χ1) is 7.69. The van der Waals surface area contributed by atoms with Crippen molar-refractivity contribution >= 4 is 12.2 Å². The van der Waals surface area contributed by atoms with Crippen LogP contribution in [0.15, 0.2) is 0 Å². The van der Waals surface area contributed by atoms with E-state index in [1.54, 1.807) is 0 Å². The van der Waals surface area contributed by atoms with Crippen LogP contribution in [0.3, 0.4) is 0 Å². The number of nitrogens with one attached hydrogen (secondary N) is 1. The van der Waals surface area contributed by atoms with Gasteiger partial charge in [0, 0.05) is 12.5 Å². The highest BCUT2D eigenvalue weighted by Crippen LogP contribution is 2.16. The van der Waals surface area contributed by atoms with Crippen LogP contribution in [0.2, 0.25) is 0 Å². The molecule has 0 saturated carbocycles. The highest BCUT2D eigenvalue weighted by Gasteiger charge is 2.26. The molecule has 2 unspecified atom stereocenters. The van der Waals surface area contributed by atoms with Gasteiger partial charge >= 0.3 is 0 Å². The number of aldehydes is 1. The van der Waals surface area contributed by atoms with Gasteiger partial charge in [0.15, 0.2) is 0 Å². The summed E-state index contributed by atoms with van der Waals surface area (Å²) in [6.07, 6.45) is 7.96. The first kappa shape index (κ1) is 12.7. The standard InChI is InChI=1S/C12H18N2O2/c1-3-6-13-12(16)10(2)14-7-4-5-11(8-14)9-15/h1,9-11H,4-8H2,2H3,(H,13,16). The first-order valence-electron chi connectivity index (χ1n) is 5.59. The highest BCUT2D eigenvalue weighted by molar-refractivity contribution is 5.81. The molecule has 4 heteroatoms. The summed E-state index contributed by atoms with van der Waals surface area (Å²) in [5, 5.41) is 2.66. The third-order valence-electron chi connectivity index (χ3n) is 2.97. The molecule has 1 amide bonds. The summed E-state index contributed by atoms with van der Waals surface area (Å²) in [6, 6.07) is -0.212. The molecule has 1 heterocycles. The molecule has 1 aliphatic heterocycles. The molecule has 0 radical (unpaired) electrons. The number of carbonyl (C=O) groups is 2.